The van der Waals surface area contributed by atoms with E-state index in [-0.39, 0.29) is 56.6 Å². The molecule has 1 aromatic heterocycles. The van der Waals surface area contributed by atoms with Crippen molar-refractivity contribution in [2.24, 2.45) is 0 Å². The molecule has 1 saturated carbocycles. The maximum absolute atomic E-state index is 14.3. The van der Waals surface area contributed by atoms with Crippen molar-refractivity contribution in [2.45, 2.75) is 62.6 Å². The van der Waals surface area contributed by atoms with E-state index in [0.29, 0.717) is 38.0 Å². The number of carbonyl (C=O) groups is 3. The number of hydrogen-bond acceptors (Lipinski definition) is 7. The van der Waals surface area contributed by atoms with Crippen LogP contribution in [0.15, 0.2) is 36.7 Å². The lowest BCUT2D eigenvalue weighted by Gasteiger charge is -2.41. The van der Waals surface area contributed by atoms with Crippen LogP contribution in [-0.2, 0) is 9.47 Å². The third-order valence-corrected chi connectivity index (χ3v) is 8.79. The molecule has 2 N–H and O–H groups in total. The van der Waals surface area contributed by atoms with Gasteiger partial charge < -0.3 is 39.0 Å². The average molecular weight is 584 g/mol. The highest BCUT2D eigenvalue weighted by atomic mass is 16.6. The Bertz CT molecular complexity index is 1240. The van der Waals surface area contributed by atoms with Crippen molar-refractivity contribution in [3.8, 4) is 11.3 Å². The van der Waals surface area contributed by atoms with E-state index in [1.807, 2.05) is 34.9 Å². The van der Waals surface area contributed by atoms with E-state index < -0.39 is 17.7 Å². The first kappa shape index (κ1) is 29.8. The summed E-state index contributed by atoms with van der Waals surface area (Å²) in [4.78, 5) is 47.7. The lowest BCUT2D eigenvalue weighted by molar-refractivity contribution is -0.0893. The van der Waals surface area contributed by atoms with Gasteiger partial charge in [-0.25, -0.2) is 14.6 Å². The normalized spacial score (nSPS) is 24.6. The molecule has 1 aromatic carbocycles. The quantitative estimate of drug-likeness (QED) is 0.482. The molecule has 3 fully saturated rings. The van der Waals surface area contributed by atoms with Crippen LogP contribution in [-0.4, -0.2) is 117 Å². The molecule has 42 heavy (non-hydrogen) atoms. The van der Waals surface area contributed by atoms with Crippen LogP contribution in [0.1, 0.15) is 61.5 Å². The first-order valence-electron chi connectivity index (χ1n) is 14.9. The summed E-state index contributed by atoms with van der Waals surface area (Å²) in [6, 6.07) is 8.69. The second-order valence-corrected chi connectivity index (χ2v) is 11.5. The van der Waals surface area contributed by atoms with E-state index in [1.165, 1.54) is 4.90 Å². The van der Waals surface area contributed by atoms with Crippen LogP contribution in [0.3, 0.4) is 0 Å². The number of benzene rings is 1. The third kappa shape index (κ3) is 6.24. The van der Waals surface area contributed by atoms with Crippen molar-refractivity contribution >= 4 is 18.1 Å². The Hall–Kier alpha value is -3.64. The van der Waals surface area contributed by atoms with Gasteiger partial charge in [0.1, 0.15) is 5.60 Å². The van der Waals surface area contributed by atoms with E-state index in [4.69, 9.17) is 9.47 Å². The average Bonchev–Trinajstić information content (AvgIpc) is 3.68. The number of carboxylic acid groups (broad SMARTS) is 1. The second-order valence-electron chi connectivity index (χ2n) is 11.5. The van der Waals surface area contributed by atoms with Crippen LogP contribution in [0.25, 0.3) is 11.3 Å². The molecular weight excluding hydrogens is 542 g/mol. The molecule has 3 atom stereocenters. The number of amides is 3. The van der Waals surface area contributed by atoms with Crippen LogP contribution in [0.5, 0.6) is 0 Å². The van der Waals surface area contributed by atoms with Gasteiger partial charge in [-0.15, -0.1) is 0 Å². The van der Waals surface area contributed by atoms with Crippen molar-refractivity contribution in [3.63, 3.8) is 0 Å². The van der Waals surface area contributed by atoms with Gasteiger partial charge in [0.2, 0.25) is 0 Å². The minimum atomic E-state index is -1.10. The fourth-order valence-corrected chi connectivity index (χ4v) is 6.61. The summed E-state index contributed by atoms with van der Waals surface area (Å²) in [6.07, 6.45) is 5.52. The molecular formula is C30H41N5O7. The molecule has 228 valence electrons. The number of carbonyl (C=O) groups excluding carboxylic acids is 2. The molecule has 2 aromatic rings. The minimum Gasteiger partial charge on any atom is -0.465 e. The highest BCUT2D eigenvalue weighted by Crippen LogP contribution is 2.41. The SMILES string of the molecule is COC[C@]1(O)CCCC[C@H]1n1cnc(C(=O)N2CCN(C(=O)O)C[C@H]2CCOC(=O)N2CCCC2)c1-c1ccccc1. The van der Waals surface area contributed by atoms with Gasteiger partial charge >= 0.3 is 12.2 Å². The van der Waals surface area contributed by atoms with Crippen molar-refractivity contribution < 1.29 is 34.1 Å². The largest absolute Gasteiger partial charge is 0.465 e. The zero-order valence-electron chi connectivity index (χ0n) is 24.2. The van der Waals surface area contributed by atoms with Crippen molar-refractivity contribution in [3.05, 3.63) is 42.4 Å². The lowest BCUT2D eigenvalue weighted by Crippen LogP contribution is -2.56. The van der Waals surface area contributed by atoms with Gasteiger partial charge in [-0.1, -0.05) is 43.2 Å². The molecule has 3 aliphatic rings. The van der Waals surface area contributed by atoms with Crippen LogP contribution in [0.4, 0.5) is 9.59 Å². The van der Waals surface area contributed by atoms with Gasteiger partial charge in [-0.3, -0.25) is 4.79 Å². The predicted octanol–water partition coefficient (Wildman–Crippen LogP) is 3.47. The summed E-state index contributed by atoms with van der Waals surface area (Å²) in [5.74, 6) is -0.320. The number of piperazine rings is 1. The smallest absolute Gasteiger partial charge is 0.409 e. The molecule has 0 radical (unpaired) electrons. The molecule has 12 heteroatoms. The van der Waals surface area contributed by atoms with Gasteiger partial charge in [-0.2, -0.15) is 0 Å². The Balaban J connectivity index is 1.43. The first-order chi connectivity index (χ1) is 20.3. The molecule has 0 spiro atoms. The van der Waals surface area contributed by atoms with E-state index in [1.54, 1.807) is 23.2 Å². The summed E-state index contributed by atoms with van der Waals surface area (Å²) in [5, 5.41) is 21.3. The maximum Gasteiger partial charge on any atom is 0.409 e. The molecule has 2 saturated heterocycles. The van der Waals surface area contributed by atoms with Crippen LogP contribution < -0.4 is 0 Å². The first-order valence-corrected chi connectivity index (χ1v) is 14.9. The molecule has 0 bridgehead atoms. The Kier molecular flexibility index (Phi) is 9.32. The van der Waals surface area contributed by atoms with Crippen LogP contribution >= 0.6 is 0 Å². The Morgan fingerprint density at radius 2 is 1.79 bits per heavy atom. The van der Waals surface area contributed by atoms with Gasteiger partial charge in [0, 0.05) is 51.8 Å². The van der Waals surface area contributed by atoms with Crippen LogP contribution in [0.2, 0.25) is 0 Å². The van der Waals surface area contributed by atoms with Gasteiger partial charge in [0.05, 0.1) is 37.3 Å². The third-order valence-electron chi connectivity index (χ3n) is 8.79. The zero-order chi connectivity index (χ0) is 29.7. The van der Waals surface area contributed by atoms with Crippen molar-refractivity contribution in [1.82, 2.24) is 24.3 Å². The summed E-state index contributed by atoms with van der Waals surface area (Å²) >= 11 is 0. The fraction of sp³-hybridized carbons (Fsp3) is 0.600. The second kappa shape index (κ2) is 13.1. The van der Waals surface area contributed by atoms with Gasteiger partial charge in [-0.05, 0) is 25.7 Å². The number of nitrogens with zero attached hydrogens (tertiary/aromatic N) is 5. The molecule has 3 heterocycles. The number of ether oxygens (including phenoxy) is 2. The van der Waals surface area contributed by atoms with E-state index in [9.17, 15) is 24.6 Å². The predicted molar refractivity (Wildman–Crippen MR) is 153 cm³/mol. The number of methoxy groups -OCH3 is 1. The molecule has 1 aliphatic carbocycles. The monoisotopic (exact) mass is 583 g/mol. The number of hydrogen-bond donors (Lipinski definition) is 2. The van der Waals surface area contributed by atoms with E-state index in [2.05, 4.69) is 4.98 Å². The topological polar surface area (TPSA) is 138 Å². The molecule has 2 aliphatic heterocycles. The standard InChI is InChI=1S/C30H41N5O7/c1-41-20-30(40)13-6-5-11-24(30)35-21-31-25(26(35)22-9-3-2-4-10-22)27(36)34-17-16-33(28(37)38)19-23(34)12-18-42-29(39)32-14-7-8-15-32/h2-4,9-10,21,23-24,40H,5-8,11-20H2,1H3,(H,37,38)/t23-,24-,30-/m1/s1. The van der Waals surface area contributed by atoms with Crippen molar-refractivity contribution in [1.29, 1.82) is 0 Å². The minimum absolute atomic E-state index is 0.0728. The maximum atomic E-state index is 14.3. The Morgan fingerprint density at radius 1 is 1.02 bits per heavy atom. The summed E-state index contributed by atoms with van der Waals surface area (Å²) in [7, 11) is 1.57. The summed E-state index contributed by atoms with van der Waals surface area (Å²) in [6.45, 7) is 2.05. The van der Waals surface area contributed by atoms with E-state index >= 15 is 0 Å². The van der Waals surface area contributed by atoms with Gasteiger partial charge in [0.25, 0.3) is 5.91 Å². The summed E-state index contributed by atoms with van der Waals surface area (Å²) < 4.78 is 12.8. The molecule has 0 unspecified atom stereocenters. The number of imidazole rings is 1. The van der Waals surface area contributed by atoms with Gasteiger partial charge in [0.15, 0.2) is 5.69 Å². The van der Waals surface area contributed by atoms with Crippen LogP contribution in [0, 0.1) is 0 Å². The van der Waals surface area contributed by atoms with E-state index in [0.717, 1.165) is 31.2 Å². The number of rotatable bonds is 8. The molecule has 3 amide bonds. The number of aliphatic hydroxyl groups is 1. The molecule has 12 nitrogen and oxygen atoms in total. The number of aromatic nitrogens is 2. The fourth-order valence-electron chi connectivity index (χ4n) is 6.61. The zero-order valence-corrected chi connectivity index (χ0v) is 24.2. The molecule has 5 rings (SSSR count). The van der Waals surface area contributed by atoms with Crippen molar-refractivity contribution in [2.75, 3.05) is 53.0 Å². The highest BCUT2D eigenvalue weighted by molar-refractivity contribution is 5.98. The summed E-state index contributed by atoms with van der Waals surface area (Å²) in [5.41, 5.74) is 0.548. The highest BCUT2D eigenvalue weighted by Gasteiger charge is 2.43. The Labute approximate surface area is 245 Å². The lowest BCUT2D eigenvalue weighted by atomic mass is 9.80. The Morgan fingerprint density at radius 3 is 2.50 bits per heavy atom. The number of likely N-dealkylation sites (tertiary alicyclic amines) is 1.